The molecule has 0 fully saturated rings. The fraction of sp³-hybridized carbons (Fsp3) is 0.125. The van der Waals surface area contributed by atoms with Crippen LogP contribution in [0.25, 0.3) is 0 Å². The van der Waals surface area contributed by atoms with Gasteiger partial charge < -0.3 is 5.11 Å². The van der Waals surface area contributed by atoms with Crippen LogP contribution in [0, 0.1) is 17.1 Å². The monoisotopic (exact) mass is 269 g/mol. The zero-order valence-electron chi connectivity index (χ0n) is 10.6. The van der Waals surface area contributed by atoms with Gasteiger partial charge >= 0.3 is 5.97 Å². The molecule has 0 aliphatic rings. The molecule has 0 aromatic heterocycles. The van der Waals surface area contributed by atoms with Gasteiger partial charge in [0.1, 0.15) is 5.82 Å². The SMILES string of the molecule is N#Cc1cccc(CC(C(=O)O)c2cccc(F)c2)c1. The van der Waals surface area contributed by atoms with Crippen LogP contribution in [0.1, 0.15) is 22.6 Å². The van der Waals surface area contributed by atoms with Crippen molar-refractivity contribution in [2.24, 2.45) is 0 Å². The van der Waals surface area contributed by atoms with Crippen LogP contribution in [0.4, 0.5) is 4.39 Å². The average Bonchev–Trinajstić information content (AvgIpc) is 2.44. The molecule has 0 saturated carbocycles. The maximum atomic E-state index is 13.2. The molecule has 3 nitrogen and oxygen atoms in total. The Balaban J connectivity index is 2.31. The van der Waals surface area contributed by atoms with Crippen LogP contribution < -0.4 is 0 Å². The van der Waals surface area contributed by atoms with E-state index in [1.165, 1.54) is 18.2 Å². The first-order chi connectivity index (χ1) is 9.60. The fourth-order valence-electron chi connectivity index (χ4n) is 2.07. The molecule has 1 N–H and O–H groups in total. The van der Waals surface area contributed by atoms with Gasteiger partial charge in [0.25, 0.3) is 0 Å². The Kier molecular flexibility index (Phi) is 4.11. The highest BCUT2D eigenvalue weighted by molar-refractivity contribution is 5.76. The molecular weight excluding hydrogens is 257 g/mol. The number of nitrogens with zero attached hydrogens (tertiary/aromatic N) is 1. The smallest absolute Gasteiger partial charge is 0.311 e. The van der Waals surface area contributed by atoms with E-state index >= 15 is 0 Å². The lowest BCUT2D eigenvalue weighted by atomic mass is 9.91. The van der Waals surface area contributed by atoms with E-state index in [-0.39, 0.29) is 6.42 Å². The summed E-state index contributed by atoms with van der Waals surface area (Å²) >= 11 is 0. The maximum Gasteiger partial charge on any atom is 0.311 e. The van der Waals surface area contributed by atoms with Gasteiger partial charge in [0.05, 0.1) is 17.6 Å². The summed E-state index contributed by atoms with van der Waals surface area (Å²) in [5, 5.41) is 18.2. The molecule has 0 amide bonds. The van der Waals surface area contributed by atoms with Crippen molar-refractivity contribution in [3.63, 3.8) is 0 Å². The van der Waals surface area contributed by atoms with Crippen LogP contribution >= 0.6 is 0 Å². The number of carboxylic acid groups (broad SMARTS) is 1. The van der Waals surface area contributed by atoms with Crippen LogP contribution in [0.2, 0.25) is 0 Å². The minimum absolute atomic E-state index is 0.217. The summed E-state index contributed by atoms with van der Waals surface area (Å²) in [7, 11) is 0. The molecule has 0 spiro atoms. The summed E-state index contributed by atoms with van der Waals surface area (Å²) in [6.07, 6.45) is 0.217. The minimum Gasteiger partial charge on any atom is -0.481 e. The molecule has 0 radical (unpaired) electrons. The van der Waals surface area contributed by atoms with E-state index in [2.05, 4.69) is 0 Å². The molecular formula is C16H12FNO2. The van der Waals surface area contributed by atoms with Gasteiger partial charge in [-0.25, -0.2) is 4.39 Å². The van der Waals surface area contributed by atoms with E-state index in [1.54, 1.807) is 30.3 Å². The average molecular weight is 269 g/mol. The van der Waals surface area contributed by atoms with Crippen molar-refractivity contribution in [2.45, 2.75) is 12.3 Å². The molecule has 1 unspecified atom stereocenters. The summed E-state index contributed by atoms with van der Waals surface area (Å²) in [6, 6.07) is 14.4. The number of carboxylic acids is 1. The number of hydrogen-bond donors (Lipinski definition) is 1. The molecule has 2 aromatic carbocycles. The summed E-state index contributed by atoms with van der Waals surface area (Å²) in [6.45, 7) is 0. The van der Waals surface area contributed by atoms with Gasteiger partial charge in [0, 0.05) is 0 Å². The first-order valence-corrected chi connectivity index (χ1v) is 6.07. The van der Waals surface area contributed by atoms with Crippen LogP contribution in [0.5, 0.6) is 0 Å². The highest BCUT2D eigenvalue weighted by atomic mass is 19.1. The summed E-state index contributed by atoms with van der Waals surface area (Å²) in [5.41, 5.74) is 1.63. The molecule has 2 rings (SSSR count). The molecule has 100 valence electrons. The quantitative estimate of drug-likeness (QED) is 0.927. The second-order valence-corrected chi connectivity index (χ2v) is 4.46. The number of halogens is 1. The van der Waals surface area contributed by atoms with E-state index < -0.39 is 17.7 Å². The Labute approximate surface area is 115 Å². The number of hydrogen-bond acceptors (Lipinski definition) is 2. The Bertz CT molecular complexity index is 676. The van der Waals surface area contributed by atoms with Gasteiger partial charge in [-0.15, -0.1) is 0 Å². The maximum absolute atomic E-state index is 13.2. The molecule has 0 aliphatic carbocycles. The number of nitriles is 1. The Morgan fingerprint density at radius 2 is 2.00 bits per heavy atom. The zero-order valence-corrected chi connectivity index (χ0v) is 10.6. The molecule has 20 heavy (non-hydrogen) atoms. The standard InChI is InChI=1S/C16H12FNO2/c17-14-6-2-5-13(9-14)15(16(19)20)8-11-3-1-4-12(7-11)10-18/h1-7,9,15H,8H2,(H,19,20). The summed E-state index contributed by atoms with van der Waals surface area (Å²) < 4.78 is 13.2. The second-order valence-electron chi connectivity index (χ2n) is 4.46. The Morgan fingerprint density at radius 3 is 2.65 bits per heavy atom. The van der Waals surface area contributed by atoms with E-state index in [9.17, 15) is 14.3 Å². The van der Waals surface area contributed by atoms with E-state index in [0.717, 1.165) is 5.56 Å². The van der Waals surface area contributed by atoms with Crippen LogP contribution in [0.3, 0.4) is 0 Å². The van der Waals surface area contributed by atoms with Crippen molar-refractivity contribution in [3.8, 4) is 6.07 Å². The Morgan fingerprint density at radius 1 is 1.25 bits per heavy atom. The van der Waals surface area contributed by atoms with Crippen LogP contribution in [-0.2, 0) is 11.2 Å². The largest absolute Gasteiger partial charge is 0.481 e. The van der Waals surface area contributed by atoms with Gasteiger partial charge in [-0.1, -0.05) is 24.3 Å². The lowest BCUT2D eigenvalue weighted by Crippen LogP contribution is -2.14. The predicted octanol–water partition coefficient (Wildman–Crippen LogP) is 3.11. The lowest BCUT2D eigenvalue weighted by Gasteiger charge is -2.13. The highest BCUT2D eigenvalue weighted by Crippen LogP contribution is 2.22. The number of aliphatic carboxylic acids is 1. The lowest BCUT2D eigenvalue weighted by molar-refractivity contribution is -0.138. The van der Waals surface area contributed by atoms with Crippen LogP contribution in [0.15, 0.2) is 48.5 Å². The molecule has 2 aromatic rings. The molecule has 1 atom stereocenters. The first kappa shape index (κ1) is 13.8. The first-order valence-electron chi connectivity index (χ1n) is 6.07. The zero-order chi connectivity index (χ0) is 14.5. The number of benzene rings is 2. The second kappa shape index (κ2) is 5.98. The van der Waals surface area contributed by atoms with Crippen molar-refractivity contribution in [3.05, 3.63) is 71.0 Å². The number of rotatable bonds is 4. The molecule has 0 bridgehead atoms. The summed E-state index contributed by atoms with van der Waals surface area (Å²) in [4.78, 5) is 11.4. The number of carbonyl (C=O) groups is 1. The van der Waals surface area contributed by atoms with Gasteiger partial charge in [-0.05, 0) is 41.8 Å². The van der Waals surface area contributed by atoms with Crippen molar-refractivity contribution in [2.75, 3.05) is 0 Å². The van der Waals surface area contributed by atoms with Crippen LogP contribution in [-0.4, -0.2) is 11.1 Å². The minimum atomic E-state index is -1.02. The fourth-order valence-corrected chi connectivity index (χ4v) is 2.07. The van der Waals surface area contributed by atoms with Gasteiger partial charge in [0.15, 0.2) is 0 Å². The highest BCUT2D eigenvalue weighted by Gasteiger charge is 2.20. The third kappa shape index (κ3) is 3.21. The molecule has 4 heteroatoms. The third-order valence-electron chi connectivity index (χ3n) is 3.05. The van der Waals surface area contributed by atoms with E-state index in [1.807, 2.05) is 6.07 Å². The predicted molar refractivity (Wildman–Crippen MR) is 71.6 cm³/mol. The van der Waals surface area contributed by atoms with Crippen molar-refractivity contribution < 1.29 is 14.3 Å². The normalized spacial score (nSPS) is 11.6. The van der Waals surface area contributed by atoms with Gasteiger partial charge in [-0.3, -0.25) is 4.79 Å². The summed E-state index contributed by atoms with van der Waals surface area (Å²) in [5.74, 6) is -2.31. The third-order valence-corrected chi connectivity index (χ3v) is 3.05. The molecule has 0 heterocycles. The topological polar surface area (TPSA) is 61.1 Å². The van der Waals surface area contributed by atoms with Crippen molar-refractivity contribution >= 4 is 5.97 Å². The van der Waals surface area contributed by atoms with Crippen molar-refractivity contribution in [1.29, 1.82) is 5.26 Å². The van der Waals surface area contributed by atoms with E-state index in [0.29, 0.717) is 11.1 Å². The van der Waals surface area contributed by atoms with E-state index in [4.69, 9.17) is 5.26 Å². The Hall–Kier alpha value is -2.67. The van der Waals surface area contributed by atoms with Gasteiger partial charge in [-0.2, -0.15) is 5.26 Å². The molecule has 0 saturated heterocycles. The van der Waals surface area contributed by atoms with Crippen molar-refractivity contribution in [1.82, 2.24) is 0 Å². The van der Waals surface area contributed by atoms with Gasteiger partial charge in [0.2, 0.25) is 0 Å². The molecule has 0 aliphatic heterocycles.